The third-order valence-electron chi connectivity index (χ3n) is 10.6. The molecule has 6 aromatic carbocycles. The fraction of sp³-hybridized carbons (Fsp3) is 0.0377. The molecule has 0 aliphatic heterocycles. The summed E-state index contributed by atoms with van der Waals surface area (Å²) in [6.45, 7) is 0. The highest BCUT2D eigenvalue weighted by atomic mass is 15.3. The van der Waals surface area contributed by atoms with Crippen LogP contribution in [0, 0.1) is 5.41 Å². The third kappa shape index (κ3) is 7.89. The smallest absolute Gasteiger partial charge is 0.116 e. The second-order valence-electron chi connectivity index (χ2n) is 14.3. The second-order valence-corrected chi connectivity index (χ2v) is 14.3. The maximum Gasteiger partial charge on any atom is 0.116 e. The van der Waals surface area contributed by atoms with Crippen molar-refractivity contribution in [3.63, 3.8) is 0 Å². The first-order chi connectivity index (χ1) is 28.1. The molecule has 1 heterocycles. The number of rotatable bonds is 9. The first kappa shape index (κ1) is 35.3. The molecule has 272 valence electrons. The molecule has 0 atom stereocenters. The van der Waals surface area contributed by atoms with Gasteiger partial charge in [0.05, 0.1) is 11.4 Å². The average molecular weight is 733 g/mol. The quantitative estimate of drug-likeness (QED) is 0.115. The van der Waals surface area contributed by atoms with Gasteiger partial charge in [0.25, 0.3) is 0 Å². The number of benzene rings is 6. The van der Waals surface area contributed by atoms with Crippen molar-refractivity contribution < 1.29 is 0 Å². The fourth-order valence-corrected chi connectivity index (χ4v) is 7.43. The Kier molecular flexibility index (Phi) is 9.98. The summed E-state index contributed by atoms with van der Waals surface area (Å²) in [7, 11) is 0. The number of hydrazone groups is 1. The summed E-state index contributed by atoms with van der Waals surface area (Å²) < 4.78 is 0. The highest BCUT2D eigenvalue weighted by molar-refractivity contribution is 6.62. The van der Waals surface area contributed by atoms with Crippen LogP contribution in [0.2, 0.25) is 0 Å². The van der Waals surface area contributed by atoms with Crippen molar-refractivity contribution >= 4 is 33.8 Å². The zero-order valence-corrected chi connectivity index (χ0v) is 31.4. The van der Waals surface area contributed by atoms with E-state index in [-0.39, 0.29) is 0 Å². The lowest BCUT2D eigenvalue weighted by molar-refractivity contribution is 1.04. The van der Waals surface area contributed by atoms with Gasteiger partial charge in [-0.3, -0.25) is 15.8 Å². The van der Waals surface area contributed by atoms with Crippen LogP contribution >= 0.6 is 0 Å². The van der Waals surface area contributed by atoms with Gasteiger partial charge in [0.2, 0.25) is 0 Å². The molecule has 7 aromatic rings. The van der Waals surface area contributed by atoms with Crippen LogP contribution < -0.4 is 5.43 Å². The van der Waals surface area contributed by atoms with E-state index in [1.807, 2.05) is 42.6 Å². The van der Waals surface area contributed by atoms with E-state index in [1.165, 1.54) is 22.3 Å². The molecule has 0 fully saturated rings. The summed E-state index contributed by atoms with van der Waals surface area (Å²) >= 11 is 0. The van der Waals surface area contributed by atoms with Gasteiger partial charge in [0, 0.05) is 23.5 Å². The van der Waals surface area contributed by atoms with Gasteiger partial charge in [0.1, 0.15) is 5.71 Å². The fourth-order valence-electron chi connectivity index (χ4n) is 7.43. The SMILES string of the molecule is N=C1C=C(c2ccc(-c3ccc(-c4ccccc4)cc3)cc2)C=C(c2ccc(-c3ccc(C4=CCCC=C4)cc3)cc2)/C1=N/Nc1cccc(-c2cccnc2)c1. The van der Waals surface area contributed by atoms with E-state index in [9.17, 15) is 5.41 Å². The number of aromatic nitrogens is 1. The van der Waals surface area contributed by atoms with Crippen LogP contribution in [0.4, 0.5) is 5.69 Å². The molecule has 2 aliphatic rings. The van der Waals surface area contributed by atoms with Gasteiger partial charge in [0.15, 0.2) is 0 Å². The normalized spacial score (nSPS) is 14.5. The van der Waals surface area contributed by atoms with Gasteiger partial charge >= 0.3 is 0 Å². The molecule has 0 amide bonds. The van der Waals surface area contributed by atoms with E-state index in [0.717, 1.165) is 74.2 Å². The lowest BCUT2D eigenvalue weighted by atomic mass is 9.87. The molecule has 0 saturated heterocycles. The summed E-state index contributed by atoms with van der Waals surface area (Å²) in [6, 6.07) is 57.2. The maximum absolute atomic E-state index is 9.29. The highest BCUT2D eigenvalue weighted by Gasteiger charge is 2.21. The highest BCUT2D eigenvalue weighted by Crippen LogP contribution is 2.33. The van der Waals surface area contributed by atoms with Crippen molar-refractivity contribution in [1.29, 1.82) is 5.41 Å². The van der Waals surface area contributed by atoms with Gasteiger partial charge in [-0.15, -0.1) is 0 Å². The zero-order valence-electron chi connectivity index (χ0n) is 31.4. The minimum absolute atomic E-state index is 0.338. The standard InChI is InChI=1S/C53H40N4/c54-52-35-49(45-26-24-43(25-27-45)41-20-16-39(17-21-41)37-9-3-1-4-10-37)34-51(53(52)57-56-50-15-7-13-47(33-50)48-14-8-32-55-36-48)46-30-28-44(29-31-46)42-22-18-40(19-23-42)38-11-5-2-6-12-38/h1,3-5,7-36,54,56H,2,6H2/b54-52?,57-53-. The van der Waals surface area contributed by atoms with E-state index < -0.39 is 0 Å². The number of allylic oxidation sites excluding steroid dienone is 8. The molecule has 0 saturated carbocycles. The van der Waals surface area contributed by atoms with Crippen LogP contribution in [0.15, 0.2) is 212 Å². The third-order valence-corrected chi connectivity index (χ3v) is 10.6. The molecule has 4 nitrogen and oxygen atoms in total. The van der Waals surface area contributed by atoms with E-state index in [0.29, 0.717) is 11.4 Å². The van der Waals surface area contributed by atoms with Crippen molar-refractivity contribution in [3.8, 4) is 44.5 Å². The van der Waals surface area contributed by atoms with Crippen LogP contribution in [0.25, 0.3) is 61.2 Å². The molecule has 4 heteroatoms. The first-order valence-corrected chi connectivity index (χ1v) is 19.4. The molecule has 1 aromatic heterocycles. The average Bonchev–Trinajstić information content (AvgIpc) is 3.29. The Morgan fingerprint density at radius 2 is 1.02 bits per heavy atom. The summed E-state index contributed by atoms with van der Waals surface area (Å²) in [4.78, 5) is 4.28. The Morgan fingerprint density at radius 3 is 1.60 bits per heavy atom. The molecular weight excluding hydrogens is 693 g/mol. The largest absolute Gasteiger partial charge is 0.299 e. The van der Waals surface area contributed by atoms with Crippen LogP contribution in [-0.4, -0.2) is 16.4 Å². The van der Waals surface area contributed by atoms with Crippen LogP contribution in [-0.2, 0) is 0 Å². The molecule has 0 spiro atoms. The predicted octanol–water partition coefficient (Wildman–Crippen LogP) is 13.5. The first-order valence-electron chi connectivity index (χ1n) is 19.4. The Hall–Kier alpha value is -7.43. The van der Waals surface area contributed by atoms with E-state index in [2.05, 4.69) is 168 Å². The number of anilines is 1. The number of nitrogens with zero attached hydrogens (tertiary/aromatic N) is 2. The van der Waals surface area contributed by atoms with Crippen LogP contribution in [0.3, 0.4) is 0 Å². The van der Waals surface area contributed by atoms with Gasteiger partial charge in [-0.05, 0) is 110 Å². The van der Waals surface area contributed by atoms with Crippen molar-refractivity contribution in [2.45, 2.75) is 12.8 Å². The van der Waals surface area contributed by atoms with Crippen molar-refractivity contribution in [1.82, 2.24) is 4.98 Å². The van der Waals surface area contributed by atoms with E-state index in [4.69, 9.17) is 5.10 Å². The Bertz CT molecular complexity index is 2700. The Balaban J connectivity index is 1.01. The maximum atomic E-state index is 9.29. The summed E-state index contributed by atoms with van der Waals surface area (Å²) in [5, 5.41) is 14.2. The lowest BCUT2D eigenvalue weighted by Gasteiger charge is -2.19. The minimum atomic E-state index is 0.338. The topological polar surface area (TPSA) is 61.1 Å². The molecule has 2 N–H and O–H groups in total. The van der Waals surface area contributed by atoms with Crippen molar-refractivity contribution in [3.05, 3.63) is 223 Å². The van der Waals surface area contributed by atoms with Gasteiger partial charge in [-0.2, -0.15) is 5.10 Å². The number of nitrogens with one attached hydrogen (secondary N) is 2. The molecule has 57 heavy (non-hydrogen) atoms. The molecule has 0 bridgehead atoms. The van der Waals surface area contributed by atoms with Crippen LogP contribution in [0.5, 0.6) is 0 Å². The van der Waals surface area contributed by atoms with Gasteiger partial charge < -0.3 is 0 Å². The molecule has 0 unspecified atom stereocenters. The van der Waals surface area contributed by atoms with E-state index in [1.54, 1.807) is 6.20 Å². The van der Waals surface area contributed by atoms with Gasteiger partial charge in [-0.1, -0.05) is 164 Å². The van der Waals surface area contributed by atoms with Crippen molar-refractivity contribution in [2.75, 3.05) is 5.43 Å². The monoisotopic (exact) mass is 732 g/mol. The molecule has 2 aliphatic carbocycles. The zero-order chi connectivity index (χ0) is 38.4. The number of hydrogen-bond acceptors (Lipinski definition) is 4. The van der Waals surface area contributed by atoms with Gasteiger partial charge in [-0.25, -0.2) is 0 Å². The summed E-state index contributed by atoms with van der Waals surface area (Å²) in [6.07, 6.45) is 16.7. The predicted molar refractivity (Wildman–Crippen MR) is 240 cm³/mol. The minimum Gasteiger partial charge on any atom is -0.299 e. The molecule has 0 radical (unpaired) electrons. The molecule has 9 rings (SSSR count). The van der Waals surface area contributed by atoms with Crippen LogP contribution in [0.1, 0.15) is 29.5 Å². The summed E-state index contributed by atoms with van der Waals surface area (Å²) in [5.41, 5.74) is 20.5. The number of hydrogen-bond donors (Lipinski definition) is 2. The van der Waals surface area contributed by atoms with Crippen molar-refractivity contribution in [2.24, 2.45) is 5.10 Å². The lowest BCUT2D eigenvalue weighted by Crippen LogP contribution is -2.19. The van der Waals surface area contributed by atoms with E-state index >= 15 is 0 Å². The second kappa shape index (κ2) is 16.1. The Morgan fingerprint density at radius 1 is 0.474 bits per heavy atom. The molecular formula is C53H40N4. The number of pyridine rings is 1. The Labute approximate surface area is 334 Å². The summed E-state index contributed by atoms with van der Waals surface area (Å²) in [5.74, 6) is 0.